The van der Waals surface area contributed by atoms with Crippen LogP contribution in [0.2, 0.25) is 0 Å². The molecule has 2 heterocycles. The zero-order chi connectivity index (χ0) is 18.0. The lowest BCUT2D eigenvalue weighted by Gasteiger charge is -2.27. The van der Waals surface area contributed by atoms with Gasteiger partial charge in [-0.25, -0.2) is 8.42 Å². The molecule has 0 saturated heterocycles. The van der Waals surface area contributed by atoms with Crippen LogP contribution >= 0.6 is 15.9 Å². The number of sulfone groups is 1. The summed E-state index contributed by atoms with van der Waals surface area (Å²) in [6.07, 6.45) is 3.20. The van der Waals surface area contributed by atoms with Gasteiger partial charge in [-0.2, -0.15) is 0 Å². The first-order valence-electron chi connectivity index (χ1n) is 8.67. The van der Waals surface area contributed by atoms with Crippen molar-refractivity contribution in [2.75, 3.05) is 18.1 Å². The van der Waals surface area contributed by atoms with Gasteiger partial charge >= 0.3 is 0 Å². The van der Waals surface area contributed by atoms with Gasteiger partial charge < -0.3 is 9.88 Å². The molecule has 1 aliphatic heterocycles. The van der Waals surface area contributed by atoms with Gasteiger partial charge in [0.15, 0.2) is 9.84 Å². The summed E-state index contributed by atoms with van der Waals surface area (Å²) in [5.41, 5.74) is 3.27. The van der Waals surface area contributed by atoms with Gasteiger partial charge in [-0.3, -0.25) is 4.79 Å². The number of carbonyl (C=O) groups excluding carboxylic acids is 1. The number of amides is 1. The molecule has 0 atom stereocenters. The van der Waals surface area contributed by atoms with E-state index in [2.05, 4.69) is 20.9 Å². The standard InChI is InChI=1S/C18H23BrN2O3S/c1-2-3-4-10-25(23,24)12-17(22)21-9-8-16-14(11-21)13-6-5-7-15(19)18(13)20-16/h5-7,20H,2-4,8-12H2,1H3. The molecule has 25 heavy (non-hydrogen) atoms. The Morgan fingerprint density at radius 1 is 1.32 bits per heavy atom. The van der Waals surface area contributed by atoms with Crippen molar-refractivity contribution in [3.05, 3.63) is 33.9 Å². The number of aromatic nitrogens is 1. The normalized spacial score (nSPS) is 14.7. The Morgan fingerprint density at radius 3 is 2.88 bits per heavy atom. The van der Waals surface area contributed by atoms with E-state index in [1.807, 2.05) is 25.1 Å². The molecule has 0 bridgehead atoms. The number of aromatic amines is 1. The maximum Gasteiger partial charge on any atom is 0.238 e. The summed E-state index contributed by atoms with van der Waals surface area (Å²) in [5.74, 6) is -0.560. The summed E-state index contributed by atoms with van der Waals surface area (Å²) in [6.45, 7) is 3.05. The number of fused-ring (bicyclic) bond motifs is 3. The number of carbonyl (C=O) groups is 1. The Hall–Kier alpha value is -1.34. The first kappa shape index (κ1) is 18.5. The van der Waals surface area contributed by atoms with Gasteiger partial charge in [0, 0.05) is 40.6 Å². The molecule has 0 radical (unpaired) electrons. The van der Waals surface area contributed by atoms with Gasteiger partial charge in [0.2, 0.25) is 5.91 Å². The molecule has 1 N–H and O–H groups in total. The minimum Gasteiger partial charge on any atom is -0.357 e. The number of hydrogen-bond acceptors (Lipinski definition) is 3. The number of para-hydroxylation sites is 1. The second kappa shape index (κ2) is 7.50. The summed E-state index contributed by atoms with van der Waals surface area (Å²) in [4.78, 5) is 17.6. The number of H-pyrrole nitrogens is 1. The number of halogens is 1. The molecule has 5 nitrogen and oxygen atoms in total. The maximum atomic E-state index is 12.5. The Bertz CT molecular complexity index is 889. The van der Waals surface area contributed by atoms with E-state index in [4.69, 9.17) is 0 Å². The van der Waals surface area contributed by atoms with Crippen molar-refractivity contribution in [1.29, 1.82) is 0 Å². The molecule has 0 unspecified atom stereocenters. The van der Waals surface area contributed by atoms with E-state index in [9.17, 15) is 13.2 Å². The highest BCUT2D eigenvalue weighted by atomic mass is 79.9. The second-order valence-electron chi connectivity index (χ2n) is 6.61. The number of benzene rings is 1. The van der Waals surface area contributed by atoms with Crippen LogP contribution in [0.1, 0.15) is 37.4 Å². The number of nitrogens with zero attached hydrogens (tertiary/aromatic N) is 1. The first-order chi connectivity index (χ1) is 11.9. The van der Waals surface area contributed by atoms with Crippen LogP contribution in [0, 0.1) is 0 Å². The van der Waals surface area contributed by atoms with Gasteiger partial charge in [0.25, 0.3) is 0 Å². The first-order valence-corrected chi connectivity index (χ1v) is 11.3. The van der Waals surface area contributed by atoms with E-state index in [-0.39, 0.29) is 17.4 Å². The van der Waals surface area contributed by atoms with Crippen molar-refractivity contribution in [2.24, 2.45) is 0 Å². The van der Waals surface area contributed by atoms with Gasteiger partial charge in [-0.05, 0) is 28.4 Å². The molecule has 1 aliphatic rings. The topological polar surface area (TPSA) is 70.2 Å². The molecular formula is C18H23BrN2O3S. The molecule has 0 saturated carbocycles. The number of hydrogen-bond donors (Lipinski definition) is 1. The van der Waals surface area contributed by atoms with Crippen LogP contribution in [0.25, 0.3) is 10.9 Å². The summed E-state index contributed by atoms with van der Waals surface area (Å²) < 4.78 is 25.3. The van der Waals surface area contributed by atoms with Crippen molar-refractivity contribution in [3.63, 3.8) is 0 Å². The lowest BCUT2D eigenvalue weighted by Crippen LogP contribution is -2.39. The number of unbranched alkanes of at least 4 members (excludes halogenated alkanes) is 2. The van der Waals surface area contributed by atoms with Crippen LogP contribution in [0.15, 0.2) is 22.7 Å². The minimum atomic E-state index is -3.32. The van der Waals surface area contributed by atoms with Crippen LogP contribution in [-0.2, 0) is 27.6 Å². The molecule has 2 aromatic rings. The van der Waals surface area contributed by atoms with Crippen LogP contribution in [0.3, 0.4) is 0 Å². The fourth-order valence-corrected chi connectivity index (χ4v) is 5.15. The van der Waals surface area contributed by atoms with E-state index in [0.717, 1.165) is 45.9 Å². The Balaban J connectivity index is 1.73. The molecule has 0 aliphatic carbocycles. The fraction of sp³-hybridized carbons (Fsp3) is 0.500. The molecule has 3 rings (SSSR count). The van der Waals surface area contributed by atoms with Crippen molar-refractivity contribution < 1.29 is 13.2 Å². The molecule has 1 aromatic carbocycles. The largest absolute Gasteiger partial charge is 0.357 e. The summed E-state index contributed by atoms with van der Waals surface area (Å²) in [7, 11) is -3.32. The van der Waals surface area contributed by atoms with Gasteiger partial charge in [0.1, 0.15) is 5.75 Å². The number of nitrogens with one attached hydrogen (secondary N) is 1. The van der Waals surface area contributed by atoms with Crippen molar-refractivity contribution in [1.82, 2.24) is 9.88 Å². The zero-order valence-electron chi connectivity index (χ0n) is 14.3. The molecule has 0 fully saturated rings. The van der Waals surface area contributed by atoms with Gasteiger partial charge in [-0.15, -0.1) is 0 Å². The van der Waals surface area contributed by atoms with E-state index >= 15 is 0 Å². The van der Waals surface area contributed by atoms with E-state index in [0.29, 0.717) is 19.5 Å². The molecule has 1 aromatic heterocycles. The number of rotatable bonds is 6. The molecule has 136 valence electrons. The lowest BCUT2D eigenvalue weighted by atomic mass is 10.0. The quantitative estimate of drug-likeness (QED) is 0.719. The van der Waals surface area contributed by atoms with Crippen molar-refractivity contribution in [2.45, 2.75) is 39.2 Å². The van der Waals surface area contributed by atoms with E-state index in [1.54, 1.807) is 4.90 Å². The zero-order valence-corrected chi connectivity index (χ0v) is 16.7. The predicted molar refractivity (Wildman–Crippen MR) is 103 cm³/mol. The van der Waals surface area contributed by atoms with Crippen molar-refractivity contribution in [3.8, 4) is 0 Å². The molecule has 7 heteroatoms. The Labute approximate surface area is 156 Å². The minimum absolute atomic E-state index is 0.103. The lowest BCUT2D eigenvalue weighted by molar-refractivity contribution is -0.129. The van der Waals surface area contributed by atoms with Crippen LogP contribution in [0.4, 0.5) is 0 Å². The van der Waals surface area contributed by atoms with Crippen LogP contribution in [0.5, 0.6) is 0 Å². The van der Waals surface area contributed by atoms with Crippen LogP contribution in [-0.4, -0.2) is 42.3 Å². The third kappa shape index (κ3) is 4.08. The van der Waals surface area contributed by atoms with Gasteiger partial charge in [-0.1, -0.05) is 31.9 Å². The maximum absolute atomic E-state index is 12.5. The van der Waals surface area contributed by atoms with E-state index in [1.165, 1.54) is 0 Å². The van der Waals surface area contributed by atoms with Crippen LogP contribution < -0.4 is 0 Å². The summed E-state index contributed by atoms with van der Waals surface area (Å²) >= 11 is 3.55. The highest BCUT2D eigenvalue weighted by Gasteiger charge is 2.27. The SMILES string of the molecule is CCCCCS(=O)(=O)CC(=O)N1CCc2[nH]c3c(Br)cccc3c2C1. The smallest absolute Gasteiger partial charge is 0.238 e. The molecule has 1 amide bonds. The Morgan fingerprint density at radius 2 is 2.12 bits per heavy atom. The Kier molecular flexibility index (Phi) is 5.53. The monoisotopic (exact) mass is 426 g/mol. The third-order valence-electron chi connectivity index (χ3n) is 4.71. The third-order valence-corrected chi connectivity index (χ3v) is 6.97. The molecule has 0 spiro atoms. The highest BCUT2D eigenvalue weighted by molar-refractivity contribution is 9.10. The van der Waals surface area contributed by atoms with E-state index < -0.39 is 9.84 Å². The predicted octanol–water partition coefficient (Wildman–Crippen LogP) is 3.42. The average molecular weight is 427 g/mol. The fourth-order valence-electron chi connectivity index (χ4n) is 3.34. The molecular weight excluding hydrogens is 404 g/mol. The highest BCUT2D eigenvalue weighted by Crippen LogP contribution is 2.31. The van der Waals surface area contributed by atoms with Gasteiger partial charge in [0.05, 0.1) is 11.3 Å². The summed E-state index contributed by atoms with van der Waals surface area (Å²) in [5, 5.41) is 1.09. The second-order valence-corrected chi connectivity index (χ2v) is 9.65. The van der Waals surface area contributed by atoms with Crippen molar-refractivity contribution >= 4 is 42.6 Å². The summed E-state index contributed by atoms with van der Waals surface area (Å²) in [6, 6.07) is 5.99. The average Bonchev–Trinajstić information content (AvgIpc) is 2.94.